The first-order valence-electron chi connectivity index (χ1n) is 7.77. The molecule has 0 fully saturated rings. The summed E-state index contributed by atoms with van der Waals surface area (Å²) in [5.74, 6) is 1.11. The summed E-state index contributed by atoms with van der Waals surface area (Å²) in [4.78, 5) is 15.5. The van der Waals surface area contributed by atoms with Gasteiger partial charge in [0.15, 0.2) is 5.11 Å². The molecule has 1 aromatic heterocycles. The molecule has 2 aromatic carbocycles. The van der Waals surface area contributed by atoms with Gasteiger partial charge in [0.1, 0.15) is 11.5 Å². The Balaban J connectivity index is 1.62. The molecule has 1 amide bonds. The van der Waals surface area contributed by atoms with Gasteiger partial charge in [0.25, 0.3) is 5.91 Å². The van der Waals surface area contributed by atoms with E-state index in [1.807, 2.05) is 36.4 Å². The average molecular weight is 370 g/mol. The Morgan fingerprint density at radius 2 is 1.69 bits per heavy atom. The van der Waals surface area contributed by atoms with Gasteiger partial charge in [-0.3, -0.25) is 15.6 Å². The molecule has 0 radical (unpaired) electrons. The third-order valence-electron chi connectivity index (χ3n) is 3.77. The fourth-order valence-electron chi connectivity index (χ4n) is 2.43. The molecule has 0 unspecified atom stereocenters. The summed E-state index contributed by atoms with van der Waals surface area (Å²) in [7, 11) is 3.18. The number of ether oxygens (including phenoxy) is 2. The maximum atomic E-state index is 12.4. The lowest BCUT2D eigenvalue weighted by atomic mass is 10.1. The number of carbonyl (C=O) groups is 1. The maximum absolute atomic E-state index is 12.4. The van der Waals surface area contributed by atoms with E-state index < -0.39 is 0 Å². The van der Waals surface area contributed by atoms with Crippen molar-refractivity contribution in [1.82, 2.24) is 15.8 Å². The Bertz CT molecular complexity index is 937. The molecule has 3 rings (SSSR count). The number of fused-ring (bicyclic) bond motifs is 1. The van der Waals surface area contributed by atoms with Gasteiger partial charge in [0.2, 0.25) is 0 Å². The van der Waals surface area contributed by atoms with Crippen LogP contribution in [-0.2, 0) is 0 Å². The minimum absolute atomic E-state index is 0.265. The van der Waals surface area contributed by atoms with E-state index in [2.05, 4.69) is 21.2 Å². The summed E-state index contributed by atoms with van der Waals surface area (Å²) >= 11 is 5.18. The zero-order valence-corrected chi connectivity index (χ0v) is 15.1. The van der Waals surface area contributed by atoms with Crippen molar-refractivity contribution in [2.24, 2.45) is 0 Å². The van der Waals surface area contributed by atoms with Crippen LogP contribution >= 0.6 is 12.2 Å². The lowest BCUT2D eigenvalue weighted by molar-refractivity contribution is 0.0946. The van der Waals surface area contributed by atoms with E-state index in [0.29, 0.717) is 11.3 Å². The highest BCUT2D eigenvalue weighted by molar-refractivity contribution is 7.80. The quantitative estimate of drug-likeness (QED) is 0.417. The largest absolute Gasteiger partial charge is 0.497 e. The normalized spacial score (nSPS) is 10.2. The number of rotatable bonds is 4. The molecular formula is C18H18N4O3S. The number of amides is 1. The van der Waals surface area contributed by atoms with E-state index in [4.69, 9.17) is 21.7 Å². The first-order valence-corrected chi connectivity index (χ1v) is 8.18. The number of benzene rings is 2. The van der Waals surface area contributed by atoms with Crippen LogP contribution in [-0.4, -0.2) is 30.2 Å². The number of aromatic nitrogens is 1. The van der Waals surface area contributed by atoms with E-state index >= 15 is 0 Å². The lowest BCUT2D eigenvalue weighted by Gasteiger charge is -2.11. The predicted molar refractivity (Wildman–Crippen MR) is 105 cm³/mol. The molecule has 3 aromatic rings. The van der Waals surface area contributed by atoms with Crippen LogP contribution in [0.25, 0.3) is 10.9 Å². The SMILES string of the molecule is COc1ccc(NC(=S)NNC(=O)c2c[nH]c3ccc(OC)cc23)cc1. The third-order valence-corrected chi connectivity index (χ3v) is 3.98. The van der Waals surface area contributed by atoms with Crippen molar-refractivity contribution in [3.8, 4) is 11.5 Å². The maximum Gasteiger partial charge on any atom is 0.271 e. The molecule has 8 heteroatoms. The number of hydrogen-bond acceptors (Lipinski definition) is 4. The van der Waals surface area contributed by atoms with Crippen molar-refractivity contribution >= 4 is 39.8 Å². The molecule has 0 aliphatic carbocycles. The first kappa shape index (κ1) is 17.6. The Morgan fingerprint density at radius 3 is 2.38 bits per heavy atom. The zero-order valence-electron chi connectivity index (χ0n) is 14.3. The van der Waals surface area contributed by atoms with Crippen LogP contribution in [0.4, 0.5) is 5.69 Å². The van der Waals surface area contributed by atoms with Gasteiger partial charge in [0.05, 0.1) is 19.8 Å². The second kappa shape index (κ2) is 7.75. The number of aromatic amines is 1. The van der Waals surface area contributed by atoms with Crippen molar-refractivity contribution in [1.29, 1.82) is 0 Å². The Kier molecular flexibility index (Phi) is 5.23. The zero-order chi connectivity index (χ0) is 18.5. The van der Waals surface area contributed by atoms with Crippen LogP contribution in [0.5, 0.6) is 11.5 Å². The average Bonchev–Trinajstić information content (AvgIpc) is 3.09. The van der Waals surface area contributed by atoms with Crippen LogP contribution in [0.2, 0.25) is 0 Å². The highest BCUT2D eigenvalue weighted by Crippen LogP contribution is 2.23. The minimum atomic E-state index is -0.316. The molecule has 0 saturated heterocycles. The molecule has 0 aliphatic rings. The van der Waals surface area contributed by atoms with Crippen LogP contribution in [0.1, 0.15) is 10.4 Å². The Morgan fingerprint density at radius 1 is 1.00 bits per heavy atom. The van der Waals surface area contributed by atoms with Crippen LogP contribution < -0.4 is 25.6 Å². The number of anilines is 1. The number of hydrogen-bond donors (Lipinski definition) is 4. The van der Waals surface area contributed by atoms with Gasteiger partial charge in [-0.05, 0) is 54.7 Å². The summed E-state index contributed by atoms with van der Waals surface area (Å²) in [5.41, 5.74) is 7.36. The fourth-order valence-corrected chi connectivity index (χ4v) is 2.60. The summed E-state index contributed by atoms with van der Waals surface area (Å²) in [6, 6.07) is 12.7. The summed E-state index contributed by atoms with van der Waals surface area (Å²) in [6.45, 7) is 0. The van der Waals surface area contributed by atoms with Crippen molar-refractivity contribution in [2.75, 3.05) is 19.5 Å². The van der Waals surface area contributed by atoms with Gasteiger partial charge in [-0.25, -0.2) is 0 Å². The molecule has 26 heavy (non-hydrogen) atoms. The van der Waals surface area contributed by atoms with Crippen molar-refractivity contribution < 1.29 is 14.3 Å². The number of hydrazine groups is 1. The van der Waals surface area contributed by atoms with Crippen LogP contribution in [0.3, 0.4) is 0 Å². The summed E-state index contributed by atoms with van der Waals surface area (Å²) < 4.78 is 10.3. The molecule has 1 heterocycles. The van der Waals surface area contributed by atoms with E-state index in [0.717, 1.165) is 22.3 Å². The molecule has 0 saturated carbocycles. The first-order chi connectivity index (χ1) is 12.6. The van der Waals surface area contributed by atoms with E-state index in [1.54, 1.807) is 26.5 Å². The summed E-state index contributed by atoms with van der Waals surface area (Å²) in [5, 5.41) is 4.00. The van der Waals surface area contributed by atoms with Gasteiger partial charge in [-0.1, -0.05) is 0 Å². The molecule has 7 nitrogen and oxygen atoms in total. The number of methoxy groups -OCH3 is 2. The topological polar surface area (TPSA) is 87.4 Å². The van der Waals surface area contributed by atoms with Gasteiger partial charge in [0, 0.05) is 22.8 Å². The molecule has 0 bridgehead atoms. The molecule has 0 aliphatic heterocycles. The van der Waals surface area contributed by atoms with Crippen LogP contribution in [0.15, 0.2) is 48.7 Å². The number of H-pyrrole nitrogens is 1. The molecule has 0 atom stereocenters. The predicted octanol–water partition coefficient (Wildman–Crippen LogP) is 2.82. The van der Waals surface area contributed by atoms with E-state index in [1.165, 1.54) is 0 Å². The smallest absolute Gasteiger partial charge is 0.271 e. The van der Waals surface area contributed by atoms with Gasteiger partial charge in [-0.15, -0.1) is 0 Å². The van der Waals surface area contributed by atoms with Crippen molar-refractivity contribution in [2.45, 2.75) is 0 Å². The second-order valence-electron chi connectivity index (χ2n) is 5.38. The fraction of sp³-hybridized carbons (Fsp3) is 0.111. The molecule has 4 N–H and O–H groups in total. The number of thiocarbonyl (C=S) groups is 1. The molecular weight excluding hydrogens is 352 g/mol. The van der Waals surface area contributed by atoms with Gasteiger partial charge < -0.3 is 19.8 Å². The number of nitrogens with one attached hydrogen (secondary N) is 4. The highest BCUT2D eigenvalue weighted by Gasteiger charge is 2.13. The highest BCUT2D eigenvalue weighted by atomic mass is 32.1. The monoisotopic (exact) mass is 370 g/mol. The van der Waals surface area contributed by atoms with Gasteiger partial charge >= 0.3 is 0 Å². The molecule has 134 valence electrons. The second-order valence-corrected chi connectivity index (χ2v) is 5.78. The molecule has 0 spiro atoms. The van der Waals surface area contributed by atoms with E-state index in [-0.39, 0.29) is 11.0 Å². The van der Waals surface area contributed by atoms with E-state index in [9.17, 15) is 4.79 Å². The Hall–Kier alpha value is -3.26. The minimum Gasteiger partial charge on any atom is -0.497 e. The van der Waals surface area contributed by atoms with Gasteiger partial charge in [-0.2, -0.15) is 0 Å². The summed E-state index contributed by atoms with van der Waals surface area (Å²) in [6.07, 6.45) is 1.64. The lowest BCUT2D eigenvalue weighted by Crippen LogP contribution is -2.43. The third kappa shape index (κ3) is 3.86. The van der Waals surface area contributed by atoms with Crippen molar-refractivity contribution in [3.63, 3.8) is 0 Å². The standard InChI is InChI=1S/C18H18N4O3S/c1-24-12-5-3-11(4-6-12)20-18(26)22-21-17(23)15-10-19-16-8-7-13(25-2)9-14(15)16/h3-10,19H,1-2H3,(H,21,23)(H2,20,22,26). The van der Waals surface area contributed by atoms with Crippen molar-refractivity contribution in [3.05, 3.63) is 54.2 Å². The number of carbonyl (C=O) groups excluding carboxylic acids is 1. The van der Waals surface area contributed by atoms with Crippen LogP contribution in [0, 0.1) is 0 Å². The Labute approximate surface area is 155 Å².